The van der Waals surface area contributed by atoms with E-state index in [1.165, 1.54) is 0 Å². The molecule has 0 saturated carbocycles. The maximum absolute atomic E-state index is 12.2. The van der Waals surface area contributed by atoms with E-state index < -0.39 is 0 Å². The Labute approximate surface area is 139 Å². The Morgan fingerprint density at radius 2 is 1.75 bits per heavy atom. The fourth-order valence-corrected chi connectivity index (χ4v) is 3.01. The van der Waals surface area contributed by atoms with E-state index in [1.807, 2.05) is 24.3 Å². The molecule has 1 saturated heterocycles. The molecule has 1 aromatic carbocycles. The lowest BCUT2D eigenvalue weighted by atomic mass is 10.2. The lowest BCUT2D eigenvalue weighted by molar-refractivity contribution is 0.230. The highest BCUT2D eigenvalue weighted by atomic mass is 16.3. The number of hydrogen-bond acceptors (Lipinski definition) is 6. The van der Waals surface area contributed by atoms with Gasteiger partial charge in [0.2, 0.25) is 5.95 Å². The average molecular weight is 322 g/mol. The highest BCUT2D eigenvalue weighted by Gasteiger charge is 2.19. The van der Waals surface area contributed by atoms with Crippen LogP contribution >= 0.6 is 0 Å². The minimum absolute atomic E-state index is 0.0168. The molecule has 6 heteroatoms. The van der Waals surface area contributed by atoms with Gasteiger partial charge in [-0.2, -0.15) is 0 Å². The summed E-state index contributed by atoms with van der Waals surface area (Å²) in [7, 11) is 0. The molecule has 1 fully saturated rings. The van der Waals surface area contributed by atoms with Gasteiger partial charge in [-0.05, 0) is 18.2 Å². The first-order valence-electron chi connectivity index (χ1n) is 8.06. The second-order valence-electron chi connectivity index (χ2n) is 5.89. The molecule has 0 spiro atoms. The van der Waals surface area contributed by atoms with Gasteiger partial charge >= 0.3 is 0 Å². The van der Waals surface area contributed by atoms with Crippen LogP contribution < -0.4 is 10.3 Å². The number of piperazine rings is 1. The molecule has 0 atom stereocenters. The molecule has 0 amide bonds. The molecule has 6 nitrogen and oxygen atoms in total. The van der Waals surface area contributed by atoms with Crippen LogP contribution in [0.15, 0.2) is 58.0 Å². The molecule has 1 aliphatic heterocycles. The monoisotopic (exact) mass is 322 g/mol. The first kappa shape index (κ1) is 14.8. The highest BCUT2D eigenvalue weighted by Crippen LogP contribution is 2.15. The maximum atomic E-state index is 12.2. The molecule has 1 aliphatic rings. The second kappa shape index (κ2) is 6.41. The van der Waals surface area contributed by atoms with E-state index >= 15 is 0 Å². The Morgan fingerprint density at radius 3 is 2.54 bits per heavy atom. The molecule has 2 aromatic heterocycles. The van der Waals surface area contributed by atoms with Gasteiger partial charge in [0.15, 0.2) is 5.43 Å². The van der Waals surface area contributed by atoms with Crippen LogP contribution in [-0.4, -0.2) is 41.0 Å². The summed E-state index contributed by atoms with van der Waals surface area (Å²) in [6.45, 7) is 4.14. The van der Waals surface area contributed by atoms with E-state index in [2.05, 4.69) is 19.8 Å². The van der Waals surface area contributed by atoms with E-state index in [-0.39, 0.29) is 5.43 Å². The summed E-state index contributed by atoms with van der Waals surface area (Å²) in [5.74, 6) is 1.48. The summed E-state index contributed by atoms with van der Waals surface area (Å²) < 4.78 is 5.88. The summed E-state index contributed by atoms with van der Waals surface area (Å²) in [4.78, 5) is 25.2. The third kappa shape index (κ3) is 3.00. The van der Waals surface area contributed by atoms with Crippen molar-refractivity contribution in [1.82, 2.24) is 14.9 Å². The number of fused-ring (bicyclic) bond motifs is 1. The normalized spacial score (nSPS) is 15.8. The Hall–Kier alpha value is -2.73. The van der Waals surface area contributed by atoms with E-state index in [0.717, 1.165) is 32.1 Å². The van der Waals surface area contributed by atoms with Crippen molar-refractivity contribution < 1.29 is 4.42 Å². The SMILES string of the molecule is O=c1cc(CN2CCN(c3ncccn3)CC2)oc2ccccc12. The largest absolute Gasteiger partial charge is 0.459 e. The fraction of sp³-hybridized carbons (Fsp3) is 0.278. The van der Waals surface area contributed by atoms with Gasteiger partial charge in [-0.1, -0.05) is 12.1 Å². The summed E-state index contributed by atoms with van der Waals surface area (Å²) >= 11 is 0. The molecule has 0 bridgehead atoms. The van der Waals surface area contributed by atoms with Gasteiger partial charge in [-0.3, -0.25) is 9.69 Å². The zero-order valence-corrected chi connectivity index (χ0v) is 13.3. The molecular formula is C18H18N4O2. The van der Waals surface area contributed by atoms with Crippen LogP contribution in [-0.2, 0) is 6.54 Å². The number of anilines is 1. The van der Waals surface area contributed by atoms with Crippen molar-refractivity contribution in [1.29, 1.82) is 0 Å². The van der Waals surface area contributed by atoms with Gasteiger partial charge in [0.1, 0.15) is 11.3 Å². The van der Waals surface area contributed by atoms with Crippen molar-refractivity contribution >= 4 is 16.9 Å². The fourth-order valence-electron chi connectivity index (χ4n) is 3.01. The van der Waals surface area contributed by atoms with Gasteiger partial charge < -0.3 is 9.32 Å². The van der Waals surface area contributed by atoms with E-state index in [0.29, 0.717) is 23.3 Å². The topological polar surface area (TPSA) is 62.5 Å². The lowest BCUT2D eigenvalue weighted by Crippen LogP contribution is -2.46. The van der Waals surface area contributed by atoms with E-state index in [1.54, 1.807) is 24.5 Å². The summed E-state index contributed by atoms with van der Waals surface area (Å²) in [6.07, 6.45) is 3.52. The first-order chi connectivity index (χ1) is 11.8. The number of benzene rings is 1. The van der Waals surface area contributed by atoms with Crippen molar-refractivity contribution in [3.05, 3.63) is 64.8 Å². The second-order valence-corrected chi connectivity index (χ2v) is 5.89. The smallest absolute Gasteiger partial charge is 0.225 e. The molecule has 24 heavy (non-hydrogen) atoms. The van der Waals surface area contributed by atoms with Crippen molar-refractivity contribution in [3.63, 3.8) is 0 Å². The predicted molar refractivity (Wildman–Crippen MR) is 92.0 cm³/mol. The zero-order valence-electron chi connectivity index (χ0n) is 13.3. The standard InChI is InChI=1S/C18H18N4O2/c23-16-12-14(24-17-5-2-1-4-15(16)17)13-21-8-10-22(11-9-21)18-19-6-3-7-20-18/h1-7,12H,8-11,13H2. The molecular weight excluding hydrogens is 304 g/mol. The van der Waals surface area contributed by atoms with Crippen molar-refractivity contribution in [2.45, 2.75) is 6.54 Å². The number of aromatic nitrogens is 2. The quantitative estimate of drug-likeness (QED) is 0.734. The van der Waals surface area contributed by atoms with Crippen LogP contribution in [0.5, 0.6) is 0 Å². The summed E-state index contributed by atoms with van der Waals surface area (Å²) in [6, 6.07) is 10.8. The van der Waals surface area contributed by atoms with E-state index in [4.69, 9.17) is 4.42 Å². The first-order valence-corrected chi connectivity index (χ1v) is 8.06. The van der Waals surface area contributed by atoms with Crippen LogP contribution in [0.25, 0.3) is 11.0 Å². The Bertz CT molecular complexity index is 886. The predicted octanol–water partition coefficient (Wildman–Crippen LogP) is 1.91. The zero-order chi connectivity index (χ0) is 16.4. The Morgan fingerprint density at radius 1 is 1.00 bits per heavy atom. The molecule has 0 radical (unpaired) electrons. The third-order valence-electron chi connectivity index (χ3n) is 4.27. The van der Waals surface area contributed by atoms with Crippen LogP contribution in [0.3, 0.4) is 0 Å². The van der Waals surface area contributed by atoms with Crippen molar-refractivity contribution in [2.24, 2.45) is 0 Å². The number of hydrogen-bond donors (Lipinski definition) is 0. The van der Waals surface area contributed by atoms with Gasteiger partial charge in [-0.25, -0.2) is 9.97 Å². The third-order valence-corrected chi connectivity index (χ3v) is 4.27. The van der Waals surface area contributed by atoms with Gasteiger partial charge in [0.05, 0.1) is 11.9 Å². The van der Waals surface area contributed by atoms with Crippen LogP contribution in [0.4, 0.5) is 5.95 Å². The highest BCUT2D eigenvalue weighted by molar-refractivity contribution is 5.76. The average Bonchev–Trinajstić information content (AvgIpc) is 2.63. The number of nitrogens with zero attached hydrogens (tertiary/aromatic N) is 4. The van der Waals surface area contributed by atoms with Crippen molar-refractivity contribution in [3.8, 4) is 0 Å². The van der Waals surface area contributed by atoms with Gasteiger partial charge in [0.25, 0.3) is 0 Å². The molecule has 4 rings (SSSR count). The Balaban J connectivity index is 1.45. The van der Waals surface area contributed by atoms with E-state index in [9.17, 15) is 4.79 Å². The van der Waals surface area contributed by atoms with Gasteiger partial charge in [0, 0.05) is 44.6 Å². The summed E-state index contributed by atoms with van der Waals surface area (Å²) in [5.41, 5.74) is 0.666. The molecule has 0 unspecified atom stereocenters. The van der Waals surface area contributed by atoms with Crippen LogP contribution in [0, 0.1) is 0 Å². The van der Waals surface area contributed by atoms with Gasteiger partial charge in [-0.15, -0.1) is 0 Å². The lowest BCUT2D eigenvalue weighted by Gasteiger charge is -2.34. The van der Waals surface area contributed by atoms with Crippen LogP contribution in [0.2, 0.25) is 0 Å². The molecule has 0 N–H and O–H groups in total. The minimum Gasteiger partial charge on any atom is -0.459 e. The maximum Gasteiger partial charge on any atom is 0.225 e. The number of para-hydroxylation sites is 1. The molecule has 3 heterocycles. The van der Waals surface area contributed by atoms with Crippen LogP contribution in [0.1, 0.15) is 5.76 Å². The van der Waals surface area contributed by atoms with Crippen molar-refractivity contribution in [2.75, 3.05) is 31.1 Å². The summed E-state index contributed by atoms with van der Waals surface area (Å²) in [5, 5.41) is 0.632. The molecule has 122 valence electrons. The molecule has 0 aliphatic carbocycles. The Kier molecular flexibility index (Phi) is 3.96. The number of rotatable bonds is 3. The molecule has 3 aromatic rings. The minimum atomic E-state index is 0.0168.